The molecule has 112 valence electrons. The van der Waals surface area contributed by atoms with E-state index in [9.17, 15) is 8.42 Å². The van der Waals surface area contributed by atoms with Crippen LogP contribution in [0.4, 0.5) is 0 Å². The molecule has 3 rings (SSSR count). The molecule has 0 unspecified atom stereocenters. The van der Waals surface area contributed by atoms with Crippen LogP contribution in [-0.2, 0) is 20.9 Å². The first kappa shape index (κ1) is 14.8. The highest BCUT2D eigenvalue weighted by molar-refractivity contribution is 7.85. The fourth-order valence-electron chi connectivity index (χ4n) is 2.49. The van der Waals surface area contributed by atoms with Gasteiger partial charge < -0.3 is 0 Å². The summed E-state index contributed by atoms with van der Waals surface area (Å²) in [5, 5.41) is 2.20. The second kappa shape index (κ2) is 5.91. The average molecular weight is 312 g/mol. The molecule has 0 aromatic heterocycles. The van der Waals surface area contributed by atoms with Crippen molar-refractivity contribution in [2.75, 3.05) is 6.26 Å². The minimum atomic E-state index is -3.45. The lowest BCUT2D eigenvalue weighted by Crippen LogP contribution is -2.02. The van der Waals surface area contributed by atoms with Gasteiger partial charge in [-0.2, -0.15) is 8.42 Å². The van der Waals surface area contributed by atoms with Gasteiger partial charge in [-0.15, -0.1) is 0 Å². The first-order chi connectivity index (χ1) is 10.5. The van der Waals surface area contributed by atoms with E-state index in [0.29, 0.717) is 0 Å². The Labute approximate surface area is 130 Å². The van der Waals surface area contributed by atoms with Gasteiger partial charge in [0, 0.05) is 0 Å². The SMILES string of the molecule is CS(=O)(=O)OCc1cc(-c2ccccc2)c2ccccc2c1. The molecule has 4 heteroatoms. The van der Waals surface area contributed by atoms with E-state index in [1.807, 2.05) is 60.7 Å². The smallest absolute Gasteiger partial charge is 0.264 e. The molecule has 0 amide bonds. The molecule has 0 saturated carbocycles. The van der Waals surface area contributed by atoms with Crippen LogP contribution in [-0.4, -0.2) is 14.7 Å². The molecule has 0 fully saturated rings. The Morgan fingerprint density at radius 2 is 1.59 bits per heavy atom. The maximum absolute atomic E-state index is 11.2. The quantitative estimate of drug-likeness (QED) is 0.684. The number of rotatable bonds is 4. The van der Waals surface area contributed by atoms with Crippen LogP contribution < -0.4 is 0 Å². The molecule has 0 aliphatic heterocycles. The Bertz CT molecular complexity index is 900. The van der Waals surface area contributed by atoms with Crippen molar-refractivity contribution in [1.82, 2.24) is 0 Å². The summed E-state index contributed by atoms with van der Waals surface area (Å²) in [4.78, 5) is 0. The fourth-order valence-corrected chi connectivity index (χ4v) is 2.84. The van der Waals surface area contributed by atoms with Crippen LogP contribution in [0, 0.1) is 0 Å². The summed E-state index contributed by atoms with van der Waals surface area (Å²) in [5.41, 5.74) is 3.01. The van der Waals surface area contributed by atoms with Crippen LogP contribution in [0.5, 0.6) is 0 Å². The van der Waals surface area contributed by atoms with Crippen molar-refractivity contribution in [2.24, 2.45) is 0 Å². The van der Waals surface area contributed by atoms with E-state index in [4.69, 9.17) is 4.18 Å². The van der Waals surface area contributed by atoms with Crippen molar-refractivity contribution in [3.63, 3.8) is 0 Å². The molecule has 0 atom stereocenters. The number of hydrogen-bond donors (Lipinski definition) is 0. The maximum Gasteiger partial charge on any atom is 0.264 e. The molecule has 0 spiro atoms. The van der Waals surface area contributed by atoms with E-state index >= 15 is 0 Å². The zero-order valence-electron chi connectivity index (χ0n) is 12.2. The number of hydrogen-bond acceptors (Lipinski definition) is 3. The molecular formula is C18H16O3S. The zero-order valence-corrected chi connectivity index (χ0v) is 13.0. The molecule has 0 aliphatic rings. The molecule has 22 heavy (non-hydrogen) atoms. The normalized spacial score (nSPS) is 11.7. The van der Waals surface area contributed by atoms with E-state index in [1.54, 1.807) is 0 Å². The maximum atomic E-state index is 11.2. The predicted molar refractivity (Wildman–Crippen MR) is 89.0 cm³/mol. The van der Waals surface area contributed by atoms with Crippen LogP contribution in [0.2, 0.25) is 0 Å². The molecule has 0 N–H and O–H groups in total. The summed E-state index contributed by atoms with van der Waals surface area (Å²) in [6, 6.07) is 22.1. The third-order valence-electron chi connectivity index (χ3n) is 3.45. The van der Waals surface area contributed by atoms with Crippen LogP contribution in [0.1, 0.15) is 5.56 Å². The van der Waals surface area contributed by atoms with Gasteiger partial charge in [0.2, 0.25) is 0 Å². The summed E-state index contributed by atoms with van der Waals surface area (Å²) in [7, 11) is -3.45. The standard InChI is InChI=1S/C18H16O3S/c1-22(19,20)21-13-14-11-16-9-5-6-10-17(16)18(12-14)15-7-3-2-4-8-15/h2-12H,13H2,1H3. The lowest BCUT2D eigenvalue weighted by Gasteiger charge is -2.11. The van der Waals surface area contributed by atoms with Crippen molar-refractivity contribution in [1.29, 1.82) is 0 Å². The predicted octanol–water partition coefficient (Wildman–Crippen LogP) is 3.98. The lowest BCUT2D eigenvalue weighted by atomic mass is 9.96. The largest absolute Gasteiger partial charge is 0.265 e. The lowest BCUT2D eigenvalue weighted by molar-refractivity contribution is 0.312. The van der Waals surface area contributed by atoms with Gasteiger partial charge in [0.05, 0.1) is 12.9 Å². The minimum absolute atomic E-state index is 0.0451. The summed E-state index contributed by atoms with van der Waals surface area (Å²) >= 11 is 0. The summed E-state index contributed by atoms with van der Waals surface area (Å²) in [6.07, 6.45) is 1.06. The Hall–Kier alpha value is -2.17. The van der Waals surface area contributed by atoms with Crippen LogP contribution in [0.25, 0.3) is 21.9 Å². The van der Waals surface area contributed by atoms with Crippen LogP contribution in [0.15, 0.2) is 66.7 Å². The molecule has 0 radical (unpaired) electrons. The monoisotopic (exact) mass is 312 g/mol. The fraction of sp³-hybridized carbons (Fsp3) is 0.111. The van der Waals surface area contributed by atoms with Crippen molar-refractivity contribution < 1.29 is 12.6 Å². The van der Waals surface area contributed by atoms with Crippen molar-refractivity contribution >= 4 is 20.9 Å². The number of benzene rings is 3. The van der Waals surface area contributed by atoms with Crippen LogP contribution in [0.3, 0.4) is 0 Å². The highest BCUT2D eigenvalue weighted by atomic mass is 32.2. The van der Waals surface area contributed by atoms with Gasteiger partial charge in [-0.05, 0) is 39.6 Å². The molecule has 0 saturated heterocycles. The van der Waals surface area contributed by atoms with Gasteiger partial charge in [0.15, 0.2) is 0 Å². The van der Waals surface area contributed by atoms with E-state index in [-0.39, 0.29) is 6.61 Å². The molecule has 0 heterocycles. The van der Waals surface area contributed by atoms with Gasteiger partial charge in [0.1, 0.15) is 0 Å². The van der Waals surface area contributed by atoms with Crippen molar-refractivity contribution in [3.05, 3.63) is 72.3 Å². The third-order valence-corrected chi connectivity index (χ3v) is 3.99. The van der Waals surface area contributed by atoms with Gasteiger partial charge in [0.25, 0.3) is 10.1 Å². The Morgan fingerprint density at radius 1 is 0.909 bits per heavy atom. The van der Waals surface area contributed by atoms with E-state index in [2.05, 4.69) is 6.07 Å². The molecule has 0 aliphatic carbocycles. The molecule has 3 nitrogen and oxygen atoms in total. The van der Waals surface area contributed by atoms with Gasteiger partial charge >= 0.3 is 0 Å². The average Bonchev–Trinajstić information content (AvgIpc) is 2.52. The minimum Gasteiger partial charge on any atom is -0.265 e. The van der Waals surface area contributed by atoms with Crippen molar-refractivity contribution in [2.45, 2.75) is 6.61 Å². The Balaban J connectivity index is 2.13. The third kappa shape index (κ3) is 3.35. The first-order valence-corrected chi connectivity index (χ1v) is 8.76. The zero-order chi connectivity index (χ0) is 15.6. The Morgan fingerprint density at radius 3 is 2.32 bits per heavy atom. The number of fused-ring (bicyclic) bond motifs is 1. The second-order valence-electron chi connectivity index (χ2n) is 5.20. The molecule has 0 bridgehead atoms. The second-order valence-corrected chi connectivity index (χ2v) is 6.84. The highest BCUT2D eigenvalue weighted by Gasteiger charge is 2.08. The van der Waals surface area contributed by atoms with E-state index in [1.165, 1.54) is 0 Å². The Kier molecular flexibility index (Phi) is 3.96. The van der Waals surface area contributed by atoms with Crippen molar-refractivity contribution in [3.8, 4) is 11.1 Å². The molecular weight excluding hydrogens is 296 g/mol. The van der Waals surface area contributed by atoms with Crippen LogP contribution >= 0.6 is 0 Å². The van der Waals surface area contributed by atoms with Gasteiger partial charge in [-0.3, -0.25) is 4.18 Å². The summed E-state index contributed by atoms with van der Waals surface area (Å²) in [6.45, 7) is 0.0451. The van der Waals surface area contributed by atoms with Gasteiger partial charge in [-0.1, -0.05) is 54.6 Å². The topological polar surface area (TPSA) is 43.4 Å². The summed E-state index contributed by atoms with van der Waals surface area (Å²) < 4.78 is 27.3. The van der Waals surface area contributed by atoms with Gasteiger partial charge in [-0.25, -0.2) is 0 Å². The summed E-state index contributed by atoms with van der Waals surface area (Å²) in [5.74, 6) is 0. The molecule has 3 aromatic carbocycles. The van der Waals surface area contributed by atoms with E-state index < -0.39 is 10.1 Å². The van der Waals surface area contributed by atoms with E-state index in [0.717, 1.165) is 33.7 Å². The highest BCUT2D eigenvalue weighted by Crippen LogP contribution is 2.30. The first-order valence-electron chi connectivity index (χ1n) is 6.94. The molecule has 3 aromatic rings.